The molecule has 0 aliphatic carbocycles. The smallest absolute Gasteiger partial charge is 0.261 e. The van der Waals surface area contributed by atoms with Crippen molar-refractivity contribution in [2.45, 2.75) is 25.8 Å². The molecule has 3 heterocycles. The second-order valence-corrected chi connectivity index (χ2v) is 9.30. The maximum Gasteiger partial charge on any atom is 0.261 e. The summed E-state index contributed by atoms with van der Waals surface area (Å²) in [5.74, 6) is -0.379. The molecule has 3 N–H and O–H groups in total. The van der Waals surface area contributed by atoms with Crippen molar-refractivity contribution in [1.29, 1.82) is 0 Å². The van der Waals surface area contributed by atoms with Crippen LogP contribution in [-0.4, -0.2) is 42.9 Å². The lowest BCUT2D eigenvalue weighted by atomic mass is 9.98. The van der Waals surface area contributed by atoms with Crippen LogP contribution in [0.2, 0.25) is 0 Å². The number of nitrogens with one attached hydrogen (secondary N) is 1. The number of thiophene rings is 1. The van der Waals surface area contributed by atoms with Crippen LogP contribution in [0.4, 0.5) is 10.1 Å². The fourth-order valence-electron chi connectivity index (χ4n) is 4.12. The van der Waals surface area contributed by atoms with Gasteiger partial charge in [-0.25, -0.2) is 4.39 Å². The van der Waals surface area contributed by atoms with Gasteiger partial charge in [0.05, 0.1) is 29.2 Å². The summed E-state index contributed by atoms with van der Waals surface area (Å²) in [5.41, 5.74) is 10.3. The molecule has 3 aromatic rings. The Morgan fingerprint density at radius 2 is 2.12 bits per heavy atom. The van der Waals surface area contributed by atoms with Crippen LogP contribution in [0.5, 0.6) is 0 Å². The van der Waals surface area contributed by atoms with Gasteiger partial charge in [0.25, 0.3) is 5.91 Å². The number of pyridine rings is 1. The zero-order valence-corrected chi connectivity index (χ0v) is 18.8. The van der Waals surface area contributed by atoms with E-state index in [9.17, 15) is 14.0 Å². The van der Waals surface area contributed by atoms with Gasteiger partial charge < -0.3 is 16.0 Å². The predicted molar refractivity (Wildman–Crippen MR) is 125 cm³/mol. The number of ketones is 1. The second-order valence-electron chi connectivity index (χ2n) is 8.05. The molecule has 8 heteroatoms. The number of fused-ring (bicyclic) bond motifs is 1. The normalized spacial score (nSPS) is 14.2. The van der Waals surface area contributed by atoms with E-state index in [-0.39, 0.29) is 30.1 Å². The summed E-state index contributed by atoms with van der Waals surface area (Å²) in [6, 6.07) is 9.81. The highest BCUT2D eigenvalue weighted by atomic mass is 32.1. The molecular weight excluding hydrogens is 427 g/mol. The number of aryl methyl sites for hydroxylation is 1. The molecule has 0 spiro atoms. The van der Waals surface area contributed by atoms with Gasteiger partial charge in [-0.05, 0) is 48.7 Å². The fourth-order valence-corrected chi connectivity index (χ4v) is 5.05. The van der Waals surface area contributed by atoms with Gasteiger partial charge in [-0.15, -0.1) is 11.3 Å². The van der Waals surface area contributed by atoms with E-state index in [1.807, 2.05) is 37.1 Å². The van der Waals surface area contributed by atoms with Crippen LogP contribution >= 0.6 is 11.3 Å². The van der Waals surface area contributed by atoms with E-state index in [2.05, 4.69) is 10.3 Å². The lowest BCUT2D eigenvalue weighted by Crippen LogP contribution is -2.41. The third-order valence-electron chi connectivity index (χ3n) is 5.58. The summed E-state index contributed by atoms with van der Waals surface area (Å²) < 4.78 is 13.5. The van der Waals surface area contributed by atoms with Gasteiger partial charge in [0.2, 0.25) is 0 Å². The number of hydrogen-bond donors (Lipinski definition) is 2. The molecule has 166 valence electrons. The molecule has 1 aliphatic rings. The van der Waals surface area contributed by atoms with Crippen LogP contribution in [0.3, 0.4) is 0 Å². The zero-order valence-electron chi connectivity index (χ0n) is 18.0. The number of carbonyl (C=O) groups is 2. The van der Waals surface area contributed by atoms with Crippen LogP contribution in [0, 0.1) is 12.7 Å². The van der Waals surface area contributed by atoms with Gasteiger partial charge in [-0.1, -0.05) is 12.1 Å². The van der Waals surface area contributed by atoms with Gasteiger partial charge in [-0.2, -0.15) is 0 Å². The molecule has 4 rings (SSSR count). The van der Waals surface area contributed by atoms with E-state index in [0.717, 1.165) is 32.9 Å². The number of nitrogens with two attached hydrogens (primary N) is 1. The summed E-state index contributed by atoms with van der Waals surface area (Å²) in [6.45, 7) is 2.57. The minimum Gasteiger partial charge on any atom is -0.365 e. The van der Waals surface area contributed by atoms with Crippen molar-refractivity contribution in [1.82, 2.24) is 10.3 Å². The Bertz CT molecular complexity index is 1180. The molecule has 1 aliphatic heterocycles. The van der Waals surface area contributed by atoms with E-state index in [1.54, 1.807) is 12.3 Å². The highest BCUT2D eigenvalue weighted by Crippen LogP contribution is 2.39. The van der Waals surface area contributed by atoms with E-state index in [4.69, 9.17) is 5.73 Å². The molecule has 0 saturated carbocycles. The first-order chi connectivity index (χ1) is 15.4. The SMILES string of the molecule is Cc1sc(C(=O)N[C@H](CN)Cc2cccc(F)c2)cc1-c1ccnc2c1N(C)CC(=O)C2. The number of halogens is 1. The first-order valence-electron chi connectivity index (χ1n) is 10.4. The predicted octanol–water partition coefficient (Wildman–Crippen LogP) is 3.12. The standard InChI is InChI=1S/C24H25FN4O2S/c1-14-20(19-6-7-27-21-10-18(30)13-29(2)23(19)21)11-22(32-14)24(31)28-17(12-26)9-15-4-3-5-16(25)8-15/h3-8,11,17H,9-10,12-13,26H2,1-2H3,(H,28,31)/t17-/m0/s1. The first kappa shape index (κ1) is 22.1. The Kier molecular flexibility index (Phi) is 6.34. The minimum absolute atomic E-state index is 0.137. The van der Waals surface area contributed by atoms with Crippen molar-refractivity contribution in [3.05, 3.63) is 69.4 Å². The van der Waals surface area contributed by atoms with E-state index >= 15 is 0 Å². The van der Waals surface area contributed by atoms with Crippen molar-refractivity contribution < 1.29 is 14.0 Å². The fraction of sp³-hybridized carbons (Fsp3) is 0.292. The lowest BCUT2D eigenvalue weighted by molar-refractivity contribution is -0.117. The molecule has 0 fully saturated rings. The number of hydrogen-bond acceptors (Lipinski definition) is 6. The number of anilines is 1. The van der Waals surface area contributed by atoms with Crippen molar-refractivity contribution in [3.8, 4) is 11.1 Å². The third-order valence-corrected chi connectivity index (χ3v) is 6.63. The van der Waals surface area contributed by atoms with Crippen molar-refractivity contribution >= 4 is 28.7 Å². The molecule has 0 unspecified atom stereocenters. The molecule has 1 aromatic carbocycles. The highest BCUT2D eigenvalue weighted by Gasteiger charge is 2.26. The summed E-state index contributed by atoms with van der Waals surface area (Å²) in [6.07, 6.45) is 2.48. The van der Waals surface area contributed by atoms with E-state index < -0.39 is 0 Å². The monoisotopic (exact) mass is 452 g/mol. The Morgan fingerprint density at radius 3 is 2.88 bits per heavy atom. The molecular formula is C24H25FN4O2S. The number of likely N-dealkylation sites (N-methyl/N-ethyl adjacent to an activating group) is 1. The maximum absolute atomic E-state index is 13.5. The summed E-state index contributed by atoms with van der Waals surface area (Å²) in [4.78, 5) is 32.8. The number of aromatic nitrogens is 1. The van der Waals surface area contributed by atoms with Crippen molar-refractivity contribution in [2.75, 3.05) is 25.0 Å². The molecule has 32 heavy (non-hydrogen) atoms. The number of carbonyl (C=O) groups excluding carboxylic acids is 2. The van der Waals surface area contributed by atoms with Crippen LogP contribution < -0.4 is 16.0 Å². The van der Waals surface area contributed by atoms with E-state index in [1.165, 1.54) is 23.5 Å². The number of benzene rings is 1. The number of Topliss-reactive ketones (excluding diaryl/α,β-unsaturated/α-hetero) is 1. The van der Waals surface area contributed by atoms with Gasteiger partial charge in [0.1, 0.15) is 5.82 Å². The average Bonchev–Trinajstić information content (AvgIpc) is 3.14. The van der Waals surface area contributed by atoms with E-state index in [0.29, 0.717) is 24.3 Å². The molecule has 0 saturated heterocycles. The van der Waals surface area contributed by atoms with Gasteiger partial charge >= 0.3 is 0 Å². The van der Waals surface area contributed by atoms with Crippen LogP contribution in [-0.2, 0) is 17.6 Å². The molecule has 0 bridgehead atoms. The molecule has 0 radical (unpaired) electrons. The maximum atomic E-state index is 13.5. The Labute approximate surface area is 190 Å². The minimum atomic E-state index is -0.310. The lowest BCUT2D eigenvalue weighted by Gasteiger charge is -2.28. The molecule has 1 amide bonds. The summed E-state index contributed by atoms with van der Waals surface area (Å²) in [5, 5.41) is 2.98. The van der Waals surface area contributed by atoms with Crippen molar-refractivity contribution in [2.24, 2.45) is 5.73 Å². The van der Waals surface area contributed by atoms with Crippen LogP contribution in [0.1, 0.15) is 25.8 Å². The van der Waals surface area contributed by atoms with Crippen molar-refractivity contribution in [3.63, 3.8) is 0 Å². The van der Waals surface area contributed by atoms with Gasteiger partial charge in [0, 0.05) is 36.3 Å². The summed E-state index contributed by atoms with van der Waals surface area (Å²) in [7, 11) is 1.88. The molecule has 6 nitrogen and oxygen atoms in total. The number of rotatable bonds is 6. The summed E-state index contributed by atoms with van der Waals surface area (Å²) >= 11 is 1.41. The average molecular weight is 453 g/mol. The van der Waals surface area contributed by atoms with Gasteiger partial charge in [0.15, 0.2) is 5.78 Å². The highest BCUT2D eigenvalue weighted by molar-refractivity contribution is 7.14. The van der Waals surface area contributed by atoms with Crippen LogP contribution in [0.25, 0.3) is 11.1 Å². The Hall–Kier alpha value is -3.10. The Balaban J connectivity index is 1.57. The topological polar surface area (TPSA) is 88.3 Å². The quantitative estimate of drug-likeness (QED) is 0.600. The zero-order chi connectivity index (χ0) is 22.8. The molecule has 2 aromatic heterocycles. The third kappa shape index (κ3) is 4.56. The Morgan fingerprint density at radius 1 is 1.31 bits per heavy atom. The van der Waals surface area contributed by atoms with Crippen LogP contribution in [0.15, 0.2) is 42.6 Å². The first-order valence-corrected chi connectivity index (χ1v) is 11.2. The largest absolute Gasteiger partial charge is 0.365 e. The second kappa shape index (κ2) is 9.18. The molecule has 1 atom stereocenters. The van der Waals surface area contributed by atoms with Gasteiger partial charge in [-0.3, -0.25) is 14.6 Å². The number of nitrogens with zero attached hydrogens (tertiary/aromatic N) is 2. The number of amides is 1.